The van der Waals surface area contributed by atoms with E-state index in [4.69, 9.17) is 11.6 Å². The summed E-state index contributed by atoms with van der Waals surface area (Å²) >= 11 is 5.88. The van der Waals surface area contributed by atoms with Gasteiger partial charge in [-0.15, -0.1) is 0 Å². The Labute approximate surface area is 200 Å². The first-order valence-electron chi connectivity index (χ1n) is 10.5. The van der Waals surface area contributed by atoms with Gasteiger partial charge in [0.15, 0.2) is 0 Å². The van der Waals surface area contributed by atoms with Crippen LogP contribution in [-0.4, -0.2) is 22.0 Å². The molecule has 1 heterocycles. The second-order valence-corrected chi connectivity index (χ2v) is 8.08. The summed E-state index contributed by atoms with van der Waals surface area (Å²) < 4.78 is 13.5. The Morgan fingerprint density at radius 1 is 0.882 bits per heavy atom. The third-order valence-electron chi connectivity index (χ3n) is 5.35. The van der Waals surface area contributed by atoms with Crippen LogP contribution in [0.1, 0.15) is 28.5 Å². The summed E-state index contributed by atoms with van der Waals surface area (Å²) in [5.74, 6) is -2.10. The van der Waals surface area contributed by atoms with Crippen LogP contribution in [0.4, 0.5) is 4.39 Å². The number of nitrogens with one attached hydrogen (secondary N) is 1. The summed E-state index contributed by atoms with van der Waals surface area (Å²) in [6, 6.07) is 23.9. The minimum absolute atomic E-state index is 0.0271. The van der Waals surface area contributed by atoms with E-state index in [1.165, 1.54) is 18.3 Å². The number of nitrogens with zero attached hydrogens (tertiary/aromatic N) is 1. The maximum atomic E-state index is 13.5. The molecule has 5 nitrogen and oxygen atoms in total. The van der Waals surface area contributed by atoms with Crippen molar-refractivity contribution < 1.29 is 19.1 Å². The fraction of sp³-hybridized carbons (Fsp3) is 0.0741. The van der Waals surface area contributed by atoms with Crippen LogP contribution in [0.2, 0.25) is 5.02 Å². The fourth-order valence-corrected chi connectivity index (χ4v) is 3.79. The number of hydrogen-bond donors (Lipinski definition) is 2. The number of benzene rings is 3. The van der Waals surface area contributed by atoms with Gasteiger partial charge in [-0.25, -0.2) is 4.39 Å². The van der Waals surface area contributed by atoms with E-state index in [-0.39, 0.29) is 17.1 Å². The maximum Gasteiger partial charge on any atom is 0.305 e. The lowest BCUT2D eigenvalue weighted by atomic mass is 9.99. The van der Waals surface area contributed by atoms with Gasteiger partial charge in [-0.3, -0.25) is 14.6 Å². The van der Waals surface area contributed by atoms with Gasteiger partial charge in [0.2, 0.25) is 0 Å². The van der Waals surface area contributed by atoms with Gasteiger partial charge in [-0.05, 0) is 52.1 Å². The molecule has 0 aliphatic carbocycles. The average molecular weight is 475 g/mol. The molecule has 1 atom stereocenters. The third-order valence-corrected chi connectivity index (χ3v) is 5.64. The van der Waals surface area contributed by atoms with E-state index in [0.29, 0.717) is 16.7 Å². The van der Waals surface area contributed by atoms with Crippen LogP contribution in [0.3, 0.4) is 0 Å². The van der Waals surface area contributed by atoms with Crippen molar-refractivity contribution in [2.75, 3.05) is 0 Å². The lowest BCUT2D eigenvalue weighted by Crippen LogP contribution is -2.30. The van der Waals surface area contributed by atoms with Crippen molar-refractivity contribution in [3.05, 3.63) is 113 Å². The summed E-state index contributed by atoms with van der Waals surface area (Å²) in [7, 11) is 0. The molecule has 1 amide bonds. The molecule has 4 aromatic rings. The topological polar surface area (TPSA) is 79.3 Å². The van der Waals surface area contributed by atoms with E-state index < -0.39 is 23.7 Å². The zero-order valence-corrected chi connectivity index (χ0v) is 18.7. The number of carboxylic acids is 1. The summed E-state index contributed by atoms with van der Waals surface area (Å²) in [6.07, 6.45) is 1.17. The molecule has 3 aromatic carbocycles. The Morgan fingerprint density at radius 2 is 1.53 bits per heavy atom. The van der Waals surface area contributed by atoms with Crippen LogP contribution in [0.25, 0.3) is 22.3 Å². The molecule has 7 heteroatoms. The number of hydrogen-bond acceptors (Lipinski definition) is 3. The zero-order chi connectivity index (χ0) is 24.1. The molecule has 0 spiro atoms. The highest BCUT2D eigenvalue weighted by Gasteiger charge is 2.20. The van der Waals surface area contributed by atoms with Gasteiger partial charge in [0.05, 0.1) is 17.5 Å². The number of carbonyl (C=O) groups excluding carboxylic acids is 1. The molecule has 0 radical (unpaired) electrons. The van der Waals surface area contributed by atoms with Crippen molar-refractivity contribution in [2.24, 2.45) is 0 Å². The molecule has 0 saturated heterocycles. The Morgan fingerprint density at radius 3 is 2.21 bits per heavy atom. The second-order valence-electron chi connectivity index (χ2n) is 7.67. The molecule has 1 aromatic heterocycles. The number of amides is 1. The summed E-state index contributed by atoms with van der Waals surface area (Å²) in [5.41, 5.74) is 4.04. The van der Waals surface area contributed by atoms with Gasteiger partial charge < -0.3 is 10.4 Å². The third kappa shape index (κ3) is 5.47. The Hall–Kier alpha value is -4.03. The molecular formula is C27H20ClFN2O3. The quantitative estimate of drug-likeness (QED) is 0.336. The van der Waals surface area contributed by atoms with E-state index in [1.807, 2.05) is 42.5 Å². The van der Waals surface area contributed by atoms with Crippen LogP contribution >= 0.6 is 11.6 Å². The monoisotopic (exact) mass is 474 g/mol. The smallest absolute Gasteiger partial charge is 0.305 e. The van der Waals surface area contributed by atoms with Gasteiger partial charge in [-0.2, -0.15) is 0 Å². The van der Waals surface area contributed by atoms with Gasteiger partial charge in [0, 0.05) is 6.20 Å². The summed E-state index contributed by atoms with van der Waals surface area (Å²) in [5, 5.41) is 12.1. The summed E-state index contributed by atoms with van der Waals surface area (Å²) in [4.78, 5) is 28.5. The number of aliphatic carboxylic acids is 1. The fourth-order valence-electron chi connectivity index (χ4n) is 3.61. The second kappa shape index (κ2) is 10.3. The Kier molecular flexibility index (Phi) is 6.99. The highest BCUT2D eigenvalue weighted by atomic mass is 35.5. The molecule has 170 valence electrons. The SMILES string of the molecule is O=C(O)CC(NC(=O)c1cc(-c2ccc(F)c(Cl)c2)ccn1)c1ccc(-c2ccccc2)cc1. The van der Waals surface area contributed by atoms with E-state index in [9.17, 15) is 19.1 Å². The minimum atomic E-state index is -1.04. The Balaban J connectivity index is 1.56. The zero-order valence-electron chi connectivity index (χ0n) is 17.9. The molecular weight excluding hydrogens is 455 g/mol. The van der Waals surface area contributed by atoms with Crippen LogP contribution in [-0.2, 0) is 4.79 Å². The first-order valence-corrected chi connectivity index (χ1v) is 10.9. The van der Waals surface area contributed by atoms with E-state index in [1.54, 1.807) is 30.3 Å². The molecule has 0 saturated carbocycles. The summed E-state index contributed by atoms with van der Waals surface area (Å²) in [6.45, 7) is 0. The van der Waals surface area contributed by atoms with Crippen molar-refractivity contribution in [2.45, 2.75) is 12.5 Å². The van der Waals surface area contributed by atoms with Gasteiger partial charge >= 0.3 is 5.97 Å². The molecule has 0 aliphatic rings. The van der Waals surface area contributed by atoms with Crippen molar-refractivity contribution in [3.63, 3.8) is 0 Å². The maximum absolute atomic E-state index is 13.5. The van der Waals surface area contributed by atoms with Crippen LogP contribution in [0, 0.1) is 5.82 Å². The number of carbonyl (C=O) groups is 2. The lowest BCUT2D eigenvalue weighted by molar-refractivity contribution is -0.137. The molecule has 0 fully saturated rings. The predicted octanol–water partition coefficient (Wildman–Crippen LogP) is 6.15. The van der Waals surface area contributed by atoms with Gasteiger partial charge in [-0.1, -0.05) is 72.3 Å². The average Bonchev–Trinajstić information content (AvgIpc) is 2.86. The molecule has 1 unspecified atom stereocenters. The van der Waals surface area contributed by atoms with Gasteiger partial charge in [0.1, 0.15) is 11.5 Å². The van der Waals surface area contributed by atoms with E-state index in [0.717, 1.165) is 11.1 Å². The predicted molar refractivity (Wildman–Crippen MR) is 129 cm³/mol. The van der Waals surface area contributed by atoms with Crippen LogP contribution in [0.15, 0.2) is 91.1 Å². The lowest BCUT2D eigenvalue weighted by Gasteiger charge is -2.18. The highest BCUT2D eigenvalue weighted by molar-refractivity contribution is 6.31. The van der Waals surface area contributed by atoms with Crippen molar-refractivity contribution >= 4 is 23.5 Å². The first-order chi connectivity index (χ1) is 16.4. The van der Waals surface area contributed by atoms with Crippen LogP contribution in [0.5, 0.6) is 0 Å². The van der Waals surface area contributed by atoms with Crippen LogP contribution < -0.4 is 5.32 Å². The number of pyridine rings is 1. The molecule has 0 bridgehead atoms. The molecule has 4 rings (SSSR count). The normalized spacial score (nSPS) is 11.6. The van der Waals surface area contributed by atoms with E-state index in [2.05, 4.69) is 10.3 Å². The number of halogens is 2. The van der Waals surface area contributed by atoms with Crippen molar-refractivity contribution in [1.82, 2.24) is 10.3 Å². The first kappa shape index (κ1) is 23.1. The minimum Gasteiger partial charge on any atom is -0.481 e. The Bertz CT molecular complexity index is 1330. The van der Waals surface area contributed by atoms with Crippen molar-refractivity contribution in [3.8, 4) is 22.3 Å². The van der Waals surface area contributed by atoms with Gasteiger partial charge in [0.25, 0.3) is 5.91 Å². The van der Waals surface area contributed by atoms with Crippen molar-refractivity contribution in [1.29, 1.82) is 0 Å². The largest absolute Gasteiger partial charge is 0.481 e. The molecule has 0 aliphatic heterocycles. The molecule has 2 N–H and O–H groups in total. The number of carboxylic acid groups (broad SMARTS) is 1. The number of rotatable bonds is 7. The van der Waals surface area contributed by atoms with E-state index >= 15 is 0 Å². The standard InChI is InChI=1S/C27H20ClFN2O3/c28-22-14-20(10-11-23(22)29)21-12-13-30-25(15-21)27(34)31-24(16-26(32)33)19-8-6-18(7-9-19)17-4-2-1-3-5-17/h1-15,24H,16H2,(H,31,34)(H,32,33). The number of aromatic nitrogens is 1. The highest BCUT2D eigenvalue weighted by Crippen LogP contribution is 2.26. The molecule has 34 heavy (non-hydrogen) atoms.